The maximum atomic E-state index is 5.08. The van der Waals surface area contributed by atoms with Crippen LogP contribution in [0.25, 0.3) is 0 Å². The second-order valence-corrected chi connectivity index (χ2v) is 4.08. The highest BCUT2D eigenvalue weighted by Crippen LogP contribution is 2.19. The van der Waals surface area contributed by atoms with Gasteiger partial charge < -0.3 is 9.73 Å². The van der Waals surface area contributed by atoms with Gasteiger partial charge in [0.25, 0.3) is 0 Å². The molecule has 0 radical (unpaired) electrons. The number of hydrogen-bond donors (Lipinski definition) is 1. The molecule has 1 N–H and O–H groups in total. The maximum absolute atomic E-state index is 5.08. The minimum Gasteiger partial charge on any atom is -0.472 e. The van der Waals surface area contributed by atoms with E-state index in [0.717, 1.165) is 0 Å². The van der Waals surface area contributed by atoms with Gasteiger partial charge in [-0.25, -0.2) is 0 Å². The lowest BCUT2D eigenvalue weighted by atomic mass is 10.1. The highest BCUT2D eigenvalue weighted by atomic mass is 16.3. The molecule has 0 saturated heterocycles. The van der Waals surface area contributed by atoms with Crippen molar-refractivity contribution in [3.8, 4) is 0 Å². The summed E-state index contributed by atoms with van der Waals surface area (Å²) in [5, 5.41) is 3.54. The summed E-state index contributed by atoms with van der Waals surface area (Å²) in [4.78, 5) is 0. The van der Waals surface area contributed by atoms with Gasteiger partial charge in [0, 0.05) is 17.6 Å². The zero-order chi connectivity index (χ0) is 11.4. The van der Waals surface area contributed by atoms with Crippen LogP contribution in [0.5, 0.6) is 0 Å². The normalized spacial score (nSPS) is 14.6. The maximum Gasteiger partial charge on any atom is 0.0950 e. The van der Waals surface area contributed by atoms with Gasteiger partial charge in [-0.15, -0.1) is 0 Å². The van der Waals surface area contributed by atoms with Crippen LogP contribution in [0, 0.1) is 0 Å². The minimum absolute atomic E-state index is 0.300. The topological polar surface area (TPSA) is 25.2 Å². The number of furan rings is 1. The fourth-order valence-corrected chi connectivity index (χ4v) is 1.83. The van der Waals surface area contributed by atoms with Gasteiger partial charge in [0.2, 0.25) is 0 Å². The van der Waals surface area contributed by atoms with Crippen LogP contribution in [0.3, 0.4) is 0 Å². The van der Waals surface area contributed by atoms with Crippen molar-refractivity contribution in [2.24, 2.45) is 0 Å². The third-order valence-electron chi connectivity index (χ3n) is 2.84. The van der Waals surface area contributed by atoms with Crippen LogP contribution in [-0.4, -0.2) is 0 Å². The fourth-order valence-electron chi connectivity index (χ4n) is 1.83. The molecule has 1 unspecified atom stereocenters. The number of rotatable bonds is 4. The third kappa shape index (κ3) is 2.52. The highest BCUT2D eigenvalue weighted by molar-refractivity contribution is 5.19. The molecule has 2 heteroatoms. The molecule has 2 aromatic rings. The van der Waals surface area contributed by atoms with Crippen molar-refractivity contribution in [1.29, 1.82) is 0 Å². The smallest absolute Gasteiger partial charge is 0.0950 e. The molecule has 0 aliphatic rings. The van der Waals surface area contributed by atoms with E-state index in [1.807, 2.05) is 12.1 Å². The molecule has 1 aromatic carbocycles. The van der Waals surface area contributed by atoms with Gasteiger partial charge in [-0.2, -0.15) is 0 Å². The summed E-state index contributed by atoms with van der Waals surface area (Å²) in [6, 6.07) is 13.1. The van der Waals surface area contributed by atoms with E-state index >= 15 is 0 Å². The first-order valence-electron chi connectivity index (χ1n) is 5.60. The predicted molar refractivity (Wildman–Crippen MR) is 65.1 cm³/mol. The van der Waals surface area contributed by atoms with Crippen molar-refractivity contribution in [2.75, 3.05) is 0 Å². The Balaban J connectivity index is 2.00. The Morgan fingerprint density at radius 2 is 1.62 bits per heavy atom. The van der Waals surface area contributed by atoms with Crippen molar-refractivity contribution in [3.05, 3.63) is 60.1 Å². The van der Waals surface area contributed by atoms with Crippen molar-refractivity contribution in [1.82, 2.24) is 5.32 Å². The largest absolute Gasteiger partial charge is 0.472 e. The Hall–Kier alpha value is -1.54. The summed E-state index contributed by atoms with van der Waals surface area (Å²) in [5.74, 6) is 0. The molecule has 16 heavy (non-hydrogen) atoms. The van der Waals surface area contributed by atoms with Gasteiger partial charge in [0.1, 0.15) is 0 Å². The average Bonchev–Trinajstić information content (AvgIpc) is 2.83. The molecular weight excluding hydrogens is 198 g/mol. The zero-order valence-corrected chi connectivity index (χ0v) is 9.68. The minimum atomic E-state index is 0.300. The summed E-state index contributed by atoms with van der Waals surface area (Å²) >= 11 is 0. The monoisotopic (exact) mass is 215 g/mol. The summed E-state index contributed by atoms with van der Waals surface area (Å²) in [6.07, 6.45) is 3.50. The van der Waals surface area contributed by atoms with Crippen LogP contribution in [0.4, 0.5) is 0 Å². The van der Waals surface area contributed by atoms with Crippen LogP contribution in [0.15, 0.2) is 53.3 Å². The molecular formula is C14H17NO. The van der Waals surface area contributed by atoms with Gasteiger partial charge in [-0.1, -0.05) is 30.3 Å². The Labute approximate surface area is 96.3 Å². The van der Waals surface area contributed by atoms with Gasteiger partial charge in [0.15, 0.2) is 0 Å². The first kappa shape index (κ1) is 11.0. The van der Waals surface area contributed by atoms with Gasteiger partial charge in [-0.3, -0.25) is 0 Å². The molecule has 1 aromatic heterocycles. The number of benzene rings is 1. The molecule has 0 aliphatic carbocycles. The first-order chi connectivity index (χ1) is 7.77. The van der Waals surface area contributed by atoms with Crippen molar-refractivity contribution < 1.29 is 4.42 Å². The lowest BCUT2D eigenvalue weighted by Gasteiger charge is -2.19. The van der Waals surface area contributed by atoms with Gasteiger partial charge in [-0.05, 0) is 25.5 Å². The number of nitrogens with one attached hydrogen (secondary N) is 1. The molecule has 1 heterocycles. The average molecular weight is 215 g/mol. The molecule has 0 saturated carbocycles. The summed E-state index contributed by atoms with van der Waals surface area (Å²) in [6.45, 7) is 4.32. The molecule has 2 nitrogen and oxygen atoms in total. The molecule has 84 valence electrons. The van der Waals surface area contributed by atoms with E-state index in [9.17, 15) is 0 Å². The zero-order valence-electron chi connectivity index (χ0n) is 9.68. The van der Waals surface area contributed by atoms with E-state index in [2.05, 4.69) is 43.4 Å². The molecule has 0 fully saturated rings. The van der Waals surface area contributed by atoms with Gasteiger partial charge in [0.05, 0.1) is 12.5 Å². The lowest BCUT2D eigenvalue weighted by molar-refractivity contribution is 0.486. The lowest BCUT2D eigenvalue weighted by Crippen LogP contribution is -2.21. The van der Waals surface area contributed by atoms with Crippen molar-refractivity contribution >= 4 is 0 Å². The summed E-state index contributed by atoms with van der Waals surface area (Å²) < 4.78 is 5.08. The van der Waals surface area contributed by atoms with Gasteiger partial charge >= 0.3 is 0 Å². The van der Waals surface area contributed by atoms with E-state index in [0.29, 0.717) is 12.1 Å². The quantitative estimate of drug-likeness (QED) is 0.841. The van der Waals surface area contributed by atoms with Crippen LogP contribution >= 0.6 is 0 Å². The van der Waals surface area contributed by atoms with Crippen molar-refractivity contribution in [2.45, 2.75) is 25.9 Å². The molecule has 0 aliphatic heterocycles. The van der Waals surface area contributed by atoms with Crippen LogP contribution in [-0.2, 0) is 0 Å². The Kier molecular flexibility index (Phi) is 3.42. The second kappa shape index (κ2) is 4.99. The second-order valence-electron chi connectivity index (χ2n) is 4.08. The summed E-state index contributed by atoms with van der Waals surface area (Å²) in [5.41, 5.74) is 2.49. The fraction of sp³-hybridized carbons (Fsp3) is 0.286. The van der Waals surface area contributed by atoms with Crippen LogP contribution < -0.4 is 5.32 Å². The van der Waals surface area contributed by atoms with E-state index < -0.39 is 0 Å². The SMILES string of the molecule is CC(N[C@H](C)c1ccccc1)c1ccoc1. The van der Waals surface area contributed by atoms with E-state index in [4.69, 9.17) is 4.42 Å². The van der Waals surface area contributed by atoms with Crippen LogP contribution in [0.2, 0.25) is 0 Å². The Morgan fingerprint density at radius 1 is 0.938 bits per heavy atom. The highest BCUT2D eigenvalue weighted by Gasteiger charge is 2.11. The molecule has 2 atom stereocenters. The van der Waals surface area contributed by atoms with E-state index in [1.165, 1.54) is 11.1 Å². The van der Waals surface area contributed by atoms with Crippen molar-refractivity contribution in [3.63, 3.8) is 0 Å². The van der Waals surface area contributed by atoms with E-state index in [-0.39, 0.29) is 0 Å². The number of hydrogen-bond acceptors (Lipinski definition) is 2. The Bertz CT molecular complexity index is 408. The van der Waals surface area contributed by atoms with Crippen LogP contribution in [0.1, 0.15) is 37.1 Å². The summed E-state index contributed by atoms with van der Waals surface area (Å²) in [7, 11) is 0. The predicted octanol–water partition coefficient (Wildman–Crippen LogP) is 3.69. The third-order valence-corrected chi connectivity index (χ3v) is 2.84. The molecule has 2 rings (SSSR count). The Morgan fingerprint density at radius 3 is 2.25 bits per heavy atom. The molecule has 0 spiro atoms. The first-order valence-corrected chi connectivity index (χ1v) is 5.60. The van der Waals surface area contributed by atoms with E-state index in [1.54, 1.807) is 12.5 Å². The molecule has 0 amide bonds. The molecule has 0 bridgehead atoms. The standard InChI is InChI=1S/C14H17NO/c1-11(13-6-4-3-5-7-13)15-12(2)14-8-9-16-10-14/h3-12,15H,1-2H3/t11-,12?/m1/s1.